The second-order valence-electron chi connectivity index (χ2n) is 11.3. The van der Waals surface area contributed by atoms with Crippen LogP contribution in [-0.4, -0.2) is 35.4 Å². The van der Waals surface area contributed by atoms with Crippen LogP contribution in [0.1, 0.15) is 76.0 Å². The number of imidazole rings is 1. The van der Waals surface area contributed by atoms with E-state index in [9.17, 15) is 4.79 Å². The van der Waals surface area contributed by atoms with E-state index < -0.39 is 5.41 Å². The number of carbonyl (C=O) groups is 1. The van der Waals surface area contributed by atoms with Gasteiger partial charge in [0.05, 0.1) is 23.6 Å². The highest BCUT2D eigenvalue weighted by atomic mass is 32.2. The van der Waals surface area contributed by atoms with Crippen molar-refractivity contribution >= 4 is 28.8 Å². The van der Waals surface area contributed by atoms with Gasteiger partial charge in [-0.05, 0) is 78.7 Å². The standard InChI is InChI=1S/C30H38N2O3S/c1-19(2)20-7-10-23-21(17-20)8-12-26-29(23,3)13-6-14-30(26,4)27(33)35-15-16-36-28-31-24-11-9-22(34-5)18-25(24)32-28/h7,9-11,17-19,26H,6,8,12-16H2,1-5H3,(H,31,32)/t26-,29-,30-/m1/s1. The average Bonchev–Trinajstić information content (AvgIpc) is 3.28. The van der Waals surface area contributed by atoms with Gasteiger partial charge in [-0.1, -0.05) is 57.2 Å². The van der Waals surface area contributed by atoms with Gasteiger partial charge in [0, 0.05) is 11.8 Å². The first-order valence-electron chi connectivity index (χ1n) is 13.2. The first-order valence-corrected chi connectivity index (χ1v) is 14.2. The summed E-state index contributed by atoms with van der Waals surface area (Å²) in [7, 11) is 1.66. The number of thioether (sulfide) groups is 1. The second-order valence-corrected chi connectivity index (χ2v) is 12.3. The lowest BCUT2D eigenvalue weighted by molar-refractivity contribution is -0.163. The van der Waals surface area contributed by atoms with Crippen LogP contribution in [-0.2, 0) is 21.4 Å². The third-order valence-electron chi connectivity index (χ3n) is 8.73. The number of rotatable bonds is 7. The molecule has 2 aromatic carbocycles. The van der Waals surface area contributed by atoms with Crippen LogP contribution in [0, 0.1) is 11.3 Å². The fourth-order valence-corrected chi connectivity index (χ4v) is 7.42. The quantitative estimate of drug-likeness (QED) is 0.211. The summed E-state index contributed by atoms with van der Waals surface area (Å²) in [5.74, 6) is 2.28. The molecule has 1 heterocycles. The van der Waals surface area contributed by atoms with Crippen molar-refractivity contribution in [2.45, 2.75) is 76.3 Å². The van der Waals surface area contributed by atoms with Crippen LogP contribution in [0.25, 0.3) is 11.0 Å². The molecule has 36 heavy (non-hydrogen) atoms. The minimum Gasteiger partial charge on any atom is -0.497 e. The van der Waals surface area contributed by atoms with Gasteiger partial charge < -0.3 is 14.5 Å². The molecule has 1 aromatic heterocycles. The Morgan fingerprint density at radius 1 is 1.19 bits per heavy atom. The highest BCUT2D eigenvalue weighted by Crippen LogP contribution is 2.57. The monoisotopic (exact) mass is 506 g/mol. The Bertz CT molecular complexity index is 1270. The zero-order valence-corrected chi connectivity index (χ0v) is 23.0. The van der Waals surface area contributed by atoms with Gasteiger partial charge in [-0.25, -0.2) is 4.98 Å². The molecule has 0 radical (unpaired) electrons. The topological polar surface area (TPSA) is 64.2 Å². The van der Waals surface area contributed by atoms with Gasteiger partial charge in [0.1, 0.15) is 12.4 Å². The van der Waals surface area contributed by atoms with E-state index in [1.165, 1.54) is 16.7 Å². The number of aryl methyl sites for hydroxylation is 1. The highest BCUT2D eigenvalue weighted by molar-refractivity contribution is 7.99. The molecule has 0 amide bonds. The Balaban J connectivity index is 1.24. The molecule has 5 rings (SSSR count). The van der Waals surface area contributed by atoms with Gasteiger partial charge in [0.2, 0.25) is 0 Å². The van der Waals surface area contributed by atoms with Crippen molar-refractivity contribution in [1.82, 2.24) is 9.97 Å². The smallest absolute Gasteiger partial charge is 0.312 e. The molecule has 0 bridgehead atoms. The van der Waals surface area contributed by atoms with Crippen molar-refractivity contribution in [3.05, 3.63) is 53.1 Å². The van der Waals surface area contributed by atoms with Crippen molar-refractivity contribution in [3.63, 3.8) is 0 Å². The van der Waals surface area contributed by atoms with Gasteiger partial charge in [-0.15, -0.1) is 0 Å². The van der Waals surface area contributed by atoms with Crippen molar-refractivity contribution in [2.75, 3.05) is 19.5 Å². The first-order chi connectivity index (χ1) is 17.2. The van der Waals surface area contributed by atoms with Crippen molar-refractivity contribution in [1.29, 1.82) is 0 Å². The summed E-state index contributed by atoms with van der Waals surface area (Å²) < 4.78 is 11.2. The largest absolute Gasteiger partial charge is 0.497 e. The summed E-state index contributed by atoms with van der Waals surface area (Å²) in [6.07, 6.45) is 5.20. The van der Waals surface area contributed by atoms with Crippen molar-refractivity contribution < 1.29 is 14.3 Å². The molecule has 3 aromatic rings. The Kier molecular flexibility index (Phi) is 6.84. The number of nitrogens with one attached hydrogen (secondary N) is 1. The highest BCUT2D eigenvalue weighted by Gasteiger charge is 2.55. The molecule has 1 saturated carbocycles. The van der Waals surface area contributed by atoms with Crippen LogP contribution in [0.3, 0.4) is 0 Å². The predicted molar refractivity (Wildman–Crippen MR) is 146 cm³/mol. The number of benzene rings is 2. The Morgan fingerprint density at radius 3 is 2.81 bits per heavy atom. The van der Waals surface area contributed by atoms with Gasteiger partial charge in [-0.3, -0.25) is 4.79 Å². The number of aromatic nitrogens is 2. The molecule has 1 N–H and O–H groups in total. The Morgan fingerprint density at radius 2 is 2.03 bits per heavy atom. The summed E-state index contributed by atoms with van der Waals surface area (Å²) in [5.41, 5.74) is 5.79. The van der Waals surface area contributed by atoms with E-state index in [-0.39, 0.29) is 11.4 Å². The molecule has 2 aliphatic rings. The number of H-pyrrole nitrogens is 1. The minimum absolute atomic E-state index is 0.0270. The van der Waals surface area contributed by atoms with E-state index in [1.54, 1.807) is 18.9 Å². The number of hydrogen-bond acceptors (Lipinski definition) is 5. The molecule has 2 aliphatic carbocycles. The van der Waals surface area contributed by atoms with Crippen LogP contribution in [0.15, 0.2) is 41.6 Å². The number of ether oxygens (including phenoxy) is 2. The number of fused-ring (bicyclic) bond motifs is 4. The molecule has 0 spiro atoms. The van der Waals surface area contributed by atoms with E-state index in [0.29, 0.717) is 24.2 Å². The maximum Gasteiger partial charge on any atom is 0.312 e. The maximum absolute atomic E-state index is 13.5. The van der Waals surface area contributed by atoms with Crippen LogP contribution in [0.5, 0.6) is 5.75 Å². The molecule has 0 unspecified atom stereocenters. The minimum atomic E-state index is -0.442. The van der Waals surface area contributed by atoms with E-state index >= 15 is 0 Å². The fraction of sp³-hybridized carbons (Fsp3) is 0.533. The zero-order chi connectivity index (χ0) is 25.5. The third kappa shape index (κ3) is 4.42. The predicted octanol–water partition coefficient (Wildman–Crippen LogP) is 7.04. The summed E-state index contributed by atoms with van der Waals surface area (Å²) in [6, 6.07) is 12.9. The number of esters is 1. The van der Waals surface area contributed by atoms with Crippen LogP contribution in [0.2, 0.25) is 0 Å². The molecule has 0 aliphatic heterocycles. The van der Waals surface area contributed by atoms with Gasteiger partial charge in [0.25, 0.3) is 0 Å². The summed E-state index contributed by atoms with van der Waals surface area (Å²) in [5, 5.41) is 0.829. The average molecular weight is 507 g/mol. The molecule has 1 fully saturated rings. The lowest BCUT2D eigenvalue weighted by Gasteiger charge is -2.54. The third-order valence-corrected chi connectivity index (χ3v) is 9.57. The van der Waals surface area contributed by atoms with E-state index in [0.717, 1.165) is 54.0 Å². The maximum atomic E-state index is 13.5. The molecular formula is C30H38N2O3S. The number of carbonyl (C=O) groups excluding carboxylic acids is 1. The van der Waals surface area contributed by atoms with Gasteiger partial charge >= 0.3 is 5.97 Å². The zero-order valence-electron chi connectivity index (χ0n) is 22.1. The second kappa shape index (κ2) is 9.77. The molecular weight excluding hydrogens is 468 g/mol. The molecule has 0 saturated heterocycles. The Labute approximate surface area is 218 Å². The van der Waals surface area contributed by atoms with Crippen LogP contribution < -0.4 is 4.74 Å². The number of nitrogens with zero attached hydrogens (tertiary/aromatic N) is 1. The molecule has 3 atom stereocenters. The van der Waals surface area contributed by atoms with Crippen molar-refractivity contribution in [2.24, 2.45) is 11.3 Å². The van der Waals surface area contributed by atoms with Gasteiger partial charge in [0.15, 0.2) is 5.16 Å². The fourth-order valence-electron chi connectivity index (χ4n) is 6.71. The SMILES string of the molecule is COc1ccc2nc(SCCOC(=O)[C@]3(C)CCC[C@]4(C)c5ccc(C(C)C)cc5CC[C@@H]34)[nH]c2c1. The normalized spacial score (nSPS) is 25.4. The molecule has 6 heteroatoms. The molecule has 192 valence electrons. The van der Waals surface area contributed by atoms with Crippen LogP contribution in [0.4, 0.5) is 0 Å². The van der Waals surface area contributed by atoms with E-state index in [2.05, 4.69) is 55.9 Å². The summed E-state index contributed by atoms with van der Waals surface area (Å²) in [6.45, 7) is 9.45. The van der Waals surface area contributed by atoms with Crippen molar-refractivity contribution in [3.8, 4) is 5.75 Å². The first kappa shape index (κ1) is 25.2. The summed E-state index contributed by atoms with van der Waals surface area (Å²) >= 11 is 1.58. The number of aromatic amines is 1. The van der Waals surface area contributed by atoms with E-state index in [4.69, 9.17) is 9.47 Å². The lowest BCUT2D eigenvalue weighted by atomic mass is 9.49. The van der Waals surface area contributed by atoms with Crippen LogP contribution >= 0.6 is 11.8 Å². The Hall–Kier alpha value is -2.47. The lowest BCUT2D eigenvalue weighted by Crippen LogP contribution is -2.53. The van der Waals surface area contributed by atoms with E-state index in [1.807, 2.05) is 18.2 Å². The number of hydrogen-bond donors (Lipinski definition) is 1. The number of methoxy groups -OCH3 is 1. The van der Waals surface area contributed by atoms with Gasteiger partial charge in [-0.2, -0.15) is 0 Å². The summed E-state index contributed by atoms with van der Waals surface area (Å²) in [4.78, 5) is 21.5. The molecule has 5 nitrogen and oxygen atoms in total.